The van der Waals surface area contributed by atoms with Crippen LogP contribution in [-0.2, 0) is 9.53 Å². The molecule has 0 atom stereocenters. The van der Waals surface area contributed by atoms with Crippen LogP contribution >= 0.6 is 15.9 Å². The van der Waals surface area contributed by atoms with Gasteiger partial charge in [0.15, 0.2) is 0 Å². The smallest absolute Gasteiger partial charge is 0.410 e. The van der Waals surface area contributed by atoms with E-state index in [1.807, 2.05) is 39.0 Å². The van der Waals surface area contributed by atoms with Crippen molar-refractivity contribution in [3.63, 3.8) is 0 Å². The summed E-state index contributed by atoms with van der Waals surface area (Å²) in [6.45, 7) is 6.31. The van der Waals surface area contributed by atoms with Crippen LogP contribution < -0.4 is 10.6 Å². The van der Waals surface area contributed by atoms with Crippen LogP contribution in [0.4, 0.5) is 14.9 Å². The number of carbonyl (C=O) groups is 2. The lowest BCUT2D eigenvalue weighted by Crippen LogP contribution is -2.60. The van der Waals surface area contributed by atoms with Crippen molar-refractivity contribution in [1.82, 2.24) is 10.2 Å². The van der Waals surface area contributed by atoms with Crippen LogP contribution in [-0.4, -0.2) is 41.6 Å². The van der Waals surface area contributed by atoms with Gasteiger partial charge in [0, 0.05) is 34.4 Å². The van der Waals surface area contributed by atoms with Gasteiger partial charge in [0.05, 0.1) is 17.3 Å². The Kier molecular flexibility index (Phi) is 5.51. The van der Waals surface area contributed by atoms with E-state index in [0.717, 1.165) is 10.0 Å². The highest BCUT2D eigenvalue weighted by atomic mass is 79.9. The van der Waals surface area contributed by atoms with Gasteiger partial charge in [-0.2, -0.15) is 0 Å². The van der Waals surface area contributed by atoms with Gasteiger partial charge in [-0.1, -0.05) is 28.1 Å². The molecule has 31 heavy (non-hydrogen) atoms. The van der Waals surface area contributed by atoms with Gasteiger partial charge in [-0.05, 0) is 51.1 Å². The first kappa shape index (κ1) is 21.4. The fourth-order valence-corrected chi connectivity index (χ4v) is 3.94. The molecule has 0 aliphatic carbocycles. The van der Waals surface area contributed by atoms with E-state index in [0.29, 0.717) is 35.6 Å². The summed E-state index contributed by atoms with van der Waals surface area (Å²) in [6.07, 6.45) is -0.376. The summed E-state index contributed by atoms with van der Waals surface area (Å²) in [6, 6.07) is 11.5. The van der Waals surface area contributed by atoms with Crippen molar-refractivity contribution in [3.8, 4) is 0 Å². The Labute approximate surface area is 188 Å². The zero-order chi connectivity index (χ0) is 22.3. The minimum atomic E-state index is -0.566. The molecular weight excluding hydrogens is 465 g/mol. The summed E-state index contributed by atoms with van der Waals surface area (Å²) in [5.41, 5.74) is 2.40. The molecule has 2 aliphatic rings. The molecule has 2 heterocycles. The molecular formula is C23H23BrFN3O3. The van der Waals surface area contributed by atoms with Crippen molar-refractivity contribution < 1.29 is 18.7 Å². The highest BCUT2D eigenvalue weighted by molar-refractivity contribution is 9.10. The molecule has 0 saturated carbocycles. The summed E-state index contributed by atoms with van der Waals surface area (Å²) >= 11 is 3.45. The molecule has 6 nitrogen and oxygen atoms in total. The summed E-state index contributed by atoms with van der Waals surface area (Å²) in [4.78, 5) is 26.7. The lowest BCUT2D eigenvalue weighted by atomic mass is 9.98. The van der Waals surface area contributed by atoms with Crippen LogP contribution in [0, 0.1) is 5.82 Å². The number of hydrogen-bond donors (Lipinski definition) is 2. The van der Waals surface area contributed by atoms with Crippen molar-refractivity contribution in [2.24, 2.45) is 0 Å². The lowest BCUT2D eigenvalue weighted by molar-refractivity contribution is -0.110. The summed E-state index contributed by atoms with van der Waals surface area (Å²) in [5.74, 6) is -0.655. The van der Waals surface area contributed by atoms with E-state index in [-0.39, 0.29) is 18.0 Å². The number of nitrogens with zero attached hydrogens (tertiary/aromatic N) is 1. The number of anilines is 1. The van der Waals surface area contributed by atoms with Crippen molar-refractivity contribution in [2.75, 3.05) is 18.4 Å². The van der Waals surface area contributed by atoms with E-state index in [1.54, 1.807) is 17.0 Å². The maximum Gasteiger partial charge on any atom is 0.410 e. The van der Waals surface area contributed by atoms with Gasteiger partial charge in [0.25, 0.3) is 5.91 Å². The Balaban J connectivity index is 1.64. The molecule has 2 aromatic carbocycles. The van der Waals surface area contributed by atoms with Crippen molar-refractivity contribution in [3.05, 3.63) is 63.9 Å². The van der Waals surface area contributed by atoms with Gasteiger partial charge in [0.1, 0.15) is 11.4 Å². The second-order valence-electron chi connectivity index (χ2n) is 8.63. The topological polar surface area (TPSA) is 70.7 Å². The lowest BCUT2D eigenvalue weighted by Gasteiger charge is -2.41. The van der Waals surface area contributed by atoms with Crippen LogP contribution in [0.1, 0.15) is 31.9 Å². The molecule has 0 radical (unpaired) electrons. The third-order valence-electron chi connectivity index (χ3n) is 4.97. The molecule has 1 saturated heterocycles. The number of nitrogens with one attached hydrogen (secondary N) is 2. The number of ether oxygens (including phenoxy) is 1. The van der Waals surface area contributed by atoms with Crippen molar-refractivity contribution in [1.29, 1.82) is 0 Å². The molecule has 1 fully saturated rings. The molecule has 8 heteroatoms. The predicted molar refractivity (Wildman–Crippen MR) is 121 cm³/mol. The molecule has 2 aliphatic heterocycles. The standard InChI is InChI=1S/C23H23BrFN3O3/c1-23(2,3)31-22(30)28-11-16(12-28)26-20(13-5-4-6-15(25)9-13)19-17-10-14(24)7-8-18(17)27-21(19)29/h4-10,16,26H,11-12H2,1-3H3,(H,27,29)/b20-19-. The van der Waals surface area contributed by atoms with E-state index in [4.69, 9.17) is 4.74 Å². The normalized spacial score (nSPS) is 17.6. The number of benzene rings is 2. The SMILES string of the molecule is CC(C)(C)OC(=O)N1CC(N/C(=C2\C(=O)Nc3ccc(Br)cc32)c2cccc(F)c2)C1. The molecule has 0 spiro atoms. The molecule has 2 amide bonds. The number of rotatable bonds is 3. The fourth-order valence-electron chi connectivity index (χ4n) is 3.58. The minimum absolute atomic E-state index is 0.0951. The average Bonchev–Trinajstić information content (AvgIpc) is 2.94. The number of hydrogen-bond acceptors (Lipinski definition) is 4. The molecule has 2 N–H and O–H groups in total. The second kappa shape index (κ2) is 8.00. The van der Waals surface area contributed by atoms with E-state index in [9.17, 15) is 14.0 Å². The molecule has 0 unspecified atom stereocenters. The van der Waals surface area contributed by atoms with Crippen LogP contribution in [0.2, 0.25) is 0 Å². The van der Waals surface area contributed by atoms with E-state index in [2.05, 4.69) is 26.6 Å². The average molecular weight is 488 g/mol. The zero-order valence-electron chi connectivity index (χ0n) is 17.5. The van der Waals surface area contributed by atoms with Crippen LogP contribution in [0.5, 0.6) is 0 Å². The first-order valence-electron chi connectivity index (χ1n) is 9.97. The molecule has 4 rings (SSSR count). The second-order valence-corrected chi connectivity index (χ2v) is 9.55. The van der Waals surface area contributed by atoms with Gasteiger partial charge >= 0.3 is 6.09 Å². The summed E-state index contributed by atoms with van der Waals surface area (Å²) in [5, 5.41) is 6.23. The predicted octanol–water partition coefficient (Wildman–Crippen LogP) is 4.62. The molecule has 162 valence electrons. The monoisotopic (exact) mass is 487 g/mol. The van der Waals surface area contributed by atoms with E-state index >= 15 is 0 Å². The summed E-state index contributed by atoms with van der Waals surface area (Å²) < 4.78 is 20.2. The first-order valence-corrected chi connectivity index (χ1v) is 10.8. The Morgan fingerprint density at radius 1 is 1.23 bits per heavy atom. The summed E-state index contributed by atoms with van der Waals surface area (Å²) in [7, 11) is 0. The third-order valence-corrected chi connectivity index (χ3v) is 5.46. The molecule has 0 bridgehead atoms. The van der Waals surface area contributed by atoms with Crippen LogP contribution in [0.25, 0.3) is 11.3 Å². The van der Waals surface area contributed by atoms with Gasteiger partial charge in [-0.15, -0.1) is 0 Å². The molecule has 2 aromatic rings. The largest absolute Gasteiger partial charge is 0.444 e. The highest BCUT2D eigenvalue weighted by Gasteiger charge is 2.36. The molecule has 0 aromatic heterocycles. The highest BCUT2D eigenvalue weighted by Crippen LogP contribution is 2.38. The Hall–Kier alpha value is -2.87. The number of fused-ring (bicyclic) bond motifs is 1. The van der Waals surface area contributed by atoms with Crippen molar-refractivity contribution in [2.45, 2.75) is 32.4 Å². The van der Waals surface area contributed by atoms with Crippen molar-refractivity contribution >= 4 is 44.9 Å². The van der Waals surface area contributed by atoms with Crippen LogP contribution in [0.3, 0.4) is 0 Å². The maximum absolute atomic E-state index is 14.0. The first-order chi connectivity index (χ1) is 14.6. The Morgan fingerprint density at radius 2 is 1.97 bits per heavy atom. The number of carbonyl (C=O) groups excluding carboxylic acids is 2. The number of likely N-dealkylation sites (tertiary alicyclic amines) is 1. The van der Waals surface area contributed by atoms with E-state index < -0.39 is 11.4 Å². The van der Waals surface area contributed by atoms with Gasteiger partial charge in [0.2, 0.25) is 0 Å². The third kappa shape index (κ3) is 4.58. The fraction of sp³-hybridized carbons (Fsp3) is 0.304. The maximum atomic E-state index is 14.0. The Bertz CT molecular complexity index is 1090. The number of halogens is 2. The number of amides is 2. The van der Waals surface area contributed by atoms with E-state index in [1.165, 1.54) is 12.1 Å². The zero-order valence-corrected chi connectivity index (χ0v) is 19.0. The quantitative estimate of drug-likeness (QED) is 0.619. The van der Waals surface area contributed by atoms with Crippen LogP contribution in [0.15, 0.2) is 46.9 Å². The minimum Gasteiger partial charge on any atom is -0.444 e. The van der Waals surface area contributed by atoms with Gasteiger partial charge in [-0.3, -0.25) is 4.79 Å². The van der Waals surface area contributed by atoms with Gasteiger partial charge < -0.3 is 20.3 Å². The van der Waals surface area contributed by atoms with Gasteiger partial charge in [-0.25, -0.2) is 9.18 Å². The Morgan fingerprint density at radius 3 is 2.65 bits per heavy atom.